The molecule has 1 aromatic rings. The Morgan fingerprint density at radius 1 is 1.45 bits per heavy atom. The molecule has 0 saturated heterocycles. The topological polar surface area (TPSA) is 13.1 Å². The first-order valence-electron chi connectivity index (χ1n) is 2.74. The van der Waals surface area contributed by atoms with Crippen molar-refractivity contribution in [3.8, 4) is 0 Å². The molecule has 11 heavy (non-hydrogen) atoms. The van der Waals surface area contributed by atoms with Crippen LogP contribution in [0.3, 0.4) is 0 Å². The summed E-state index contributed by atoms with van der Waals surface area (Å²) < 4.78 is 39.8. The largest absolute Gasteiger partial charge is 0.459 e. The lowest BCUT2D eigenvalue weighted by atomic mass is 10.3. The number of hydrogen-bond donors (Lipinski definition) is 0. The molecule has 1 heterocycles. The molecule has 0 fully saturated rings. The third kappa shape index (κ3) is 1.99. The summed E-state index contributed by atoms with van der Waals surface area (Å²) in [6, 6.07) is 0.967. The van der Waals surface area contributed by atoms with Crippen molar-refractivity contribution < 1.29 is 17.6 Å². The number of furan rings is 1. The number of hydrogen-bond acceptors (Lipinski definition) is 1. The van der Waals surface area contributed by atoms with Gasteiger partial charge >= 0.3 is 6.18 Å². The first-order chi connectivity index (χ1) is 5.04. The van der Waals surface area contributed by atoms with E-state index in [1.54, 1.807) is 0 Å². The number of alkyl halides is 4. The Labute approximate surface area is 69.3 Å². The molecule has 0 radical (unpaired) electrons. The second kappa shape index (κ2) is 2.89. The van der Waals surface area contributed by atoms with Gasteiger partial charge in [0.1, 0.15) is 0 Å². The van der Waals surface area contributed by atoms with Crippen molar-refractivity contribution in [3.05, 3.63) is 23.7 Å². The van der Waals surface area contributed by atoms with Gasteiger partial charge in [-0.3, -0.25) is 0 Å². The molecule has 0 aliphatic heterocycles. The molecule has 5 heteroatoms. The Morgan fingerprint density at radius 3 is 2.36 bits per heavy atom. The Balaban J connectivity index is 2.89. The van der Waals surface area contributed by atoms with E-state index < -0.39 is 11.9 Å². The summed E-state index contributed by atoms with van der Waals surface area (Å²) >= 11 is 3.01. The predicted molar refractivity (Wildman–Crippen MR) is 36.3 cm³/mol. The van der Waals surface area contributed by atoms with Crippen LogP contribution in [0.1, 0.15) is 11.3 Å². The summed E-state index contributed by atoms with van der Waals surface area (Å²) in [5.74, 6) is -0.952. The molecule has 0 bridgehead atoms. The van der Waals surface area contributed by atoms with Gasteiger partial charge in [0.2, 0.25) is 5.76 Å². The van der Waals surface area contributed by atoms with E-state index >= 15 is 0 Å². The highest BCUT2D eigenvalue weighted by atomic mass is 79.9. The standard InChI is InChI=1S/C6H4BrF3O/c7-2-4-1-5(11-3-4)6(8,9)10/h1,3H,2H2. The average molecular weight is 229 g/mol. The van der Waals surface area contributed by atoms with E-state index in [1.807, 2.05) is 0 Å². The zero-order valence-electron chi connectivity index (χ0n) is 5.28. The van der Waals surface area contributed by atoms with Crippen LogP contribution in [-0.2, 0) is 11.5 Å². The van der Waals surface area contributed by atoms with E-state index in [0.29, 0.717) is 10.9 Å². The molecule has 0 spiro atoms. The lowest BCUT2D eigenvalue weighted by Gasteiger charge is -1.98. The van der Waals surface area contributed by atoms with E-state index in [2.05, 4.69) is 20.3 Å². The third-order valence-electron chi connectivity index (χ3n) is 1.09. The van der Waals surface area contributed by atoms with Gasteiger partial charge in [0, 0.05) is 10.9 Å². The average Bonchev–Trinajstić information content (AvgIpc) is 2.32. The molecule has 0 aliphatic carbocycles. The highest BCUT2D eigenvalue weighted by molar-refractivity contribution is 9.08. The maximum atomic E-state index is 11.8. The van der Waals surface area contributed by atoms with Gasteiger partial charge in [0.25, 0.3) is 0 Å². The van der Waals surface area contributed by atoms with Crippen LogP contribution in [0.2, 0.25) is 0 Å². The van der Waals surface area contributed by atoms with Crippen LogP contribution in [0.25, 0.3) is 0 Å². The summed E-state index contributed by atoms with van der Waals surface area (Å²) in [5, 5.41) is 0.368. The first-order valence-corrected chi connectivity index (χ1v) is 3.87. The SMILES string of the molecule is FC(F)(F)c1cc(CBr)co1. The van der Waals surface area contributed by atoms with Crippen LogP contribution < -0.4 is 0 Å². The predicted octanol–water partition coefficient (Wildman–Crippen LogP) is 3.19. The van der Waals surface area contributed by atoms with Crippen molar-refractivity contribution in [2.45, 2.75) is 11.5 Å². The van der Waals surface area contributed by atoms with Gasteiger partial charge in [0.15, 0.2) is 0 Å². The van der Waals surface area contributed by atoms with Crippen LogP contribution in [0.15, 0.2) is 16.7 Å². The molecule has 0 atom stereocenters. The summed E-state index contributed by atoms with van der Waals surface area (Å²) in [7, 11) is 0. The first kappa shape index (κ1) is 8.64. The van der Waals surface area contributed by atoms with E-state index in [0.717, 1.165) is 12.3 Å². The van der Waals surface area contributed by atoms with Gasteiger partial charge in [-0.15, -0.1) is 0 Å². The van der Waals surface area contributed by atoms with Crippen molar-refractivity contribution in [1.29, 1.82) is 0 Å². The highest BCUT2D eigenvalue weighted by Gasteiger charge is 2.34. The van der Waals surface area contributed by atoms with Crippen LogP contribution >= 0.6 is 15.9 Å². The van der Waals surface area contributed by atoms with E-state index in [9.17, 15) is 13.2 Å². The second-order valence-electron chi connectivity index (χ2n) is 1.95. The van der Waals surface area contributed by atoms with Gasteiger partial charge in [-0.05, 0) is 6.07 Å². The Bertz CT molecular complexity index is 240. The zero-order valence-corrected chi connectivity index (χ0v) is 6.87. The Hall–Kier alpha value is -0.450. The summed E-state index contributed by atoms with van der Waals surface area (Å²) in [6.45, 7) is 0. The van der Waals surface area contributed by atoms with E-state index in [1.165, 1.54) is 0 Å². The molecule has 62 valence electrons. The van der Waals surface area contributed by atoms with Crippen molar-refractivity contribution in [2.75, 3.05) is 0 Å². The normalized spacial score (nSPS) is 12.0. The quantitative estimate of drug-likeness (QED) is 0.674. The second-order valence-corrected chi connectivity index (χ2v) is 2.51. The van der Waals surface area contributed by atoms with Gasteiger partial charge in [-0.1, -0.05) is 15.9 Å². The molecule has 1 aromatic heterocycles. The van der Waals surface area contributed by atoms with Crippen LogP contribution in [0.4, 0.5) is 13.2 Å². The molecule has 0 N–H and O–H groups in total. The van der Waals surface area contributed by atoms with E-state index in [-0.39, 0.29) is 0 Å². The van der Waals surface area contributed by atoms with Gasteiger partial charge in [-0.2, -0.15) is 13.2 Å². The maximum Gasteiger partial charge on any atom is 0.449 e. The van der Waals surface area contributed by atoms with Crippen LogP contribution in [0, 0.1) is 0 Å². The summed E-state index contributed by atoms with van der Waals surface area (Å²) in [5.41, 5.74) is 0.484. The lowest BCUT2D eigenvalue weighted by Crippen LogP contribution is -2.01. The van der Waals surface area contributed by atoms with Crippen molar-refractivity contribution in [3.63, 3.8) is 0 Å². The molecule has 1 rings (SSSR count). The highest BCUT2D eigenvalue weighted by Crippen LogP contribution is 2.30. The molecular formula is C6H4BrF3O. The molecule has 1 nitrogen and oxygen atoms in total. The van der Waals surface area contributed by atoms with Crippen LogP contribution in [0.5, 0.6) is 0 Å². The minimum Gasteiger partial charge on any atom is -0.459 e. The minimum absolute atomic E-state index is 0.368. The smallest absolute Gasteiger partial charge is 0.449 e. The summed E-state index contributed by atoms with van der Waals surface area (Å²) in [4.78, 5) is 0. The van der Waals surface area contributed by atoms with Crippen molar-refractivity contribution in [2.24, 2.45) is 0 Å². The molecule has 0 unspecified atom stereocenters. The Morgan fingerprint density at radius 2 is 2.09 bits per heavy atom. The Kier molecular flexibility index (Phi) is 2.27. The minimum atomic E-state index is -4.37. The maximum absolute atomic E-state index is 11.8. The van der Waals surface area contributed by atoms with Crippen LogP contribution in [-0.4, -0.2) is 0 Å². The molecule has 0 aliphatic rings. The van der Waals surface area contributed by atoms with Crippen molar-refractivity contribution in [1.82, 2.24) is 0 Å². The van der Waals surface area contributed by atoms with Gasteiger partial charge < -0.3 is 4.42 Å². The van der Waals surface area contributed by atoms with Gasteiger partial charge in [-0.25, -0.2) is 0 Å². The van der Waals surface area contributed by atoms with Gasteiger partial charge in [0.05, 0.1) is 6.26 Å². The van der Waals surface area contributed by atoms with E-state index in [4.69, 9.17) is 0 Å². The number of rotatable bonds is 1. The molecule has 0 saturated carbocycles. The summed E-state index contributed by atoms with van der Waals surface area (Å²) in [6.07, 6.45) is -3.29. The fraction of sp³-hybridized carbons (Fsp3) is 0.333. The lowest BCUT2D eigenvalue weighted by molar-refractivity contribution is -0.153. The number of halogens is 4. The fourth-order valence-corrected chi connectivity index (χ4v) is 0.888. The molecular weight excluding hydrogens is 225 g/mol. The zero-order chi connectivity index (χ0) is 8.48. The third-order valence-corrected chi connectivity index (χ3v) is 1.73. The van der Waals surface area contributed by atoms with Crippen molar-refractivity contribution >= 4 is 15.9 Å². The fourth-order valence-electron chi connectivity index (χ4n) is 0.594. The molecule has 0 aromatic carbocycles. The molecule has 0 amide bonds. The monoisotopic (exact) mass is 228 g/mol.